The molecular weight excluding hydrogens is 542 g/mol. The van der Waals surface area contributed by atoms with Gasteiger partial charge in [-0.25, -0.2) is 9.59 Å². The van der Waals surface area contributed by atoms with Crippen molar-refractivity contribution in [3.8, 4) is 0 Å². The van der Waals surface area contributed by atoms with Gasteiger partial charge in [0.1, 0.15) is 11.2 Å². The monoisotopic (exact) mass is 591 g/mol. The maximum Gasteiger partial charge on any atom is 0.410 e. The molecule has 0 bridgehead atoms. The lowest BCUT2D eigenvalue weighted by Gasteiger charge is -2.42. The normalized spacial score (nSPS) is 20.8. The Bertz CT molecular complexity index is 1320. The summed E-state index contributed by atoms with van der Waals surface area (Å²) in [5.74, 6) is 0. The van der Waals surface area contributed by atoms with Gasteiger partial charge in [0.2, 0.25) is 0 Å². The number of ether oxygens (including phenoxy) is 2. The van der Waals surface area contributed by atoms with Crippen molar-refractivity contribution in [2.24, 2.45) is 0 Å². The van der Waals surface area contributed by atoms with Crippen molar-refractivity contribution in [2.45, 2.75) is 104 Å². The molecule has 1 aromatic heterocycles. The number of carbonyl (C=O) groups is 2. The van der Waals surface area contributed by atoms with Crippen molar-refractivity contribution in [2.75, 3.05) is 37.6 Å². The van der Waals surface area contributed by atoms with Gasteiger partial charge < -0.3 is 24.6 Å². The minimum atomic E-state index is -0.574. The Morgan fingerprint density at radius 1 is 0.977 bits per heavy atom. The van der Waals surface area contributed by atoms with E-state index in [1.165, 1.54) is 22.4 Å². The van der Waals surface area contributed by atoms with Crippen LogP contribution in [0.25, 0.3) is 0 Å². The molecule has 3 heterocycles. The molecule has 9 nitrogen and oxygen atoms in total. The van der Waals surface area contributed by atoms with Crippen LogP contribution in [0.3, 0.4) is 0 Å². The fourth-order valence-corrected chi connectivity index (χ4v) is 6.40. The second-order valence-corrected chi connectivity index (χ2v) is 14.2. The summed E-state index contributed by atoms with van der Waals surface area (Å²) in [4.78, 5) is 37.0. The van der Waals surface area contributed by atoms with Crippen LogP contribution < -0.4 is 10.2 Å². The molecule has 234 valence electrons. The van der Waals surface area contributed by atoms with E-state index in [1.54, 1.807) is 4.90 Å². The molecule has 1 aliphatic carbocycles. The molecule has 2 unspecified atom stereocenters. The number of hydrogen-bond acceptors (Lipinski definition) is 7. The van der Waals surface area contributed by atoms with Gasteiger partial charge in [-0.1, -0.05) is 18.2 Å². The van der Waals surface area contributed by atoms with Crippen LogP contribution in [0, 0.1) is 6.92 Å². The quantitative estimate of drug-likeness (QED) is 0.483. The molecule has 43 heavy (non-hydrogen) atoms. The Hall–Kier alpha value is -3.33. The highest BCUT2D eigenvalue weighted by Gasteiger charge is 2.36. The van der Waals surface area contributed by atoms with Crippen LogP contribution in [0.4, 0.5) is 15.3 Å². The third-order valence-corrected chi connectivity index (χ3v) is 8.38. The third kappa shape index (κ3) is 7.61. The van der Waals surface area contributed by atoms with Gasteiger partial charge in [-0.05, 0) is 102 Å². The first kappa shape index (κ1) is 31.1. The number of aryl methyl sites for hydroxylation is 2. The summed E-state index contributed by atoms with van der Waals surface area (Å²) in [5, 5.41) is 3.80. The first-order valence-electron chi connectivity index (χ1n) is 15.8. The number of nitrogens with one attached hydrogen (secondary N) is 1. The first-order chi connectivity index (χ1) is 20.3. The molecule has 1 fully saturated rings. The van der Waals surface area contributed by atoms with Gasteiger partial charge in [0.15, 0.2) is 0 Å². The van der Waals surface area contributed by atoms with Gasteiger partial charge in [-0.3, -0.25) is 9.88 Å². The minimum absolute atomic E-state index is 0.0672. The van der Waals surface area contributed by atoms with E-state index >= 15 is 0 Å². The van der Waals surface area contributed by atoms with E-state index in [4.69, 9.17) is 14.5 Å². The number of carbonyl (C=O) groups excluding carboxylic acids is 2. The fraction of sp³-hybridized carbons (Fsp3) is 0.618. The van der Waals surface area contributed by atoms with Crippen LogP contribution in [0.5, 0.6) is 0 Å². The van der Waals surface area contributed by atoms with E-state index in [9.17, 15) is 9.59 Å². The maximum atomic E-state index is 13.5. The number of amides is 2. The minimum Gasteiger partial charge on any atom is -0.444 e. The van der Waals surface area contributed by atoms with E-state index in [-0.39, 0.29) is 24.3 Å². The average molecular weight is 592 g/mol. The molecule has 5 rings (SSSR count). The summed E-state index contributed by atoms with van der Waals surface area (Å²) in [6, 6.07) is 8.74. The maximum absolute atomic E-state index is 13.5. The number of piperazine rings is 1. The van der Waals surface area contributed by atoms with Crippen LogP contribution in [0.15, 0.2) is 30.5 Å². The summed E-state index contributed by atoms with van der Waals surface area (Å²) in [6.45, 7) is 17.4. The summed E-state index contributed by atoms with van der Waals surface area (Å²) in [7, 11) is 0. The van der Waals surface area contributed by atoms with Gasteiger partial charge in [0.25, 0.3) is 0 Å². The zero-order valence-electron chi connectivity index (χ0n) is 27.0. The zero-order chi connectivity index (χ0) is 30.9. The summed E-state index contributed by atoms with van der Waals surface area (Å²) < 4.78 is 11.5. The zero-order valence-corrected chi connectivity index (χ0v) is 27.0. The molecule has 1 saturated heterocycles. The third-order valence-electron chi connectivity index (χ3n) is 8.38. The van der Waals surface area contributed by atoms with Crippen LogP contribution in [0.2, 0.25) is 0 Å². The van der Waals surface area contributed by atoms with Crippen molar-refractivity contribution < 1.29 is 19.1 Å². The average Bonchev–Trinajstić information content (AvgIpc) is 2.93. The summed E-state index contributed by atoms with van der Waals surface area (Å²) in [5.41, 5.74) is 6.19. The lowest BCUT2D eigenvalue weighted by atomic mass is 9.89. The van der Waals surface area contributed by atoms with Gasteiger partial charge in [0, 0.05) is 57.2 Å². The number of pyridine rings is 1. The van der Waals surface area contributed by atoms with Crippen molar-refractivity contribution >= 4 is 17.9 Å². The molecule has 2 atom stereocenters. The molecule has 3 aliphatic rings. The first-order valence-corrected chi connectivity index (χ1v) is 15.8. The summed E-state index contributed by atoms with van der Waals surface area (Å²) >= 11 is 0. The van der Waals surface area contributed by atoms with E-state index in [1.807, 2.05) is 52.6 Å². The number of nitrogens with zero attached hydrogens (tertiary/aromatic N) is 4. The fourth-order valence-electron chi connectivity index (χ4n) is 6.40. The molecule has 1 N–H and O–H groups in total. The standard InChI is InChI=1S/C34H49N5O4/c1-23-18-24-10-8-12-28(30(24)36-20-23)35-21-26-19-27-25(22-39(26)32(41)43-34(5,6)7)11-9-13-29(27)37-14-16-38(17-15-37)31(40)42-33(2,3)4/h9,11,13,18,20,26,28,35H,8,10,12,14-17,19,21-22H2,1-7H3. The topological polar surface area (TPSA) is 87.2 Å². The molecule has 2 amide bonds. The lowest BCUT2D eigenvalue weighted by Crippen LogP contribution is -2.52. The summed E-state index contributed by atoms with van der Waals surface area (Å²) in [6.07, 6.45) is 5.37. The highest BCUT2D eigenvalue weighted by molar-refractivity contribution is 5.71. The molecule has 0 radical (unpaired) electrons. The van der Waals surface area contributed by atoms with Crippen LogP contribution >= 0.6 is 0 Å². The van der Waals surface area contributed by atoms with Gasteiger partial charge in [-0.15, -0.1) is 0 Å². The number of anilines is 1. The van der Waals surface area contributed by atoms with E-state index in [2.05, 4.69) is 41.4 Å². The number of aromatic nitrogens is 1. The predicted octanol–water partition coefficient (Wildman–Crippen LogP) is 5.78. The second-order valence-electron chi connectivity index (χ2n) is 14.2. The Labute approximate surface area is 256 Å². The molecule has 2 aliphatic heterocycles. The van der Waals surface area contributed by atoms with E-state index < -0.39 is 11.2 Å². The SMILES string of the molecule is Cc1cnc2c(c1)CCCC2NCC1Cc2c(cccc2N2CCN(C(=O)OC(C)(C)C)CC2)CN1C(=O)OC(C)(C)C. The lowest BCUT2D eigenvalue weighted by molar-refractivity contribution is 0.0116. The Morgan fingerprint density at radius 3 is 2.37 bits per heavy atom. The van der Waals surface area contributed by atoms with Gasteiger partial charge >= 0.3 is 12.2 Å². The molecule has 0 spiro atoms. The van der Waals surface area contributed by atoms with Crippen molar-refractivity contribution in [3.63, 3.8) is 0 Å². The number of rotatable bonds is 4. The van der Waals surface area contributed by atoms with Crippen molar-refractivity contribution in [1.29, 1.82) is 0 Å². The number of hydrogen-bond donors (Lipinski definition) is 1. The predicted molar refractivity (Wildman–Crippen MR) is 168 cm³/mol. The highest BCUT2D eigenvalue weighted by Crippen LogP contribution is 2.34. The van der Waals surface area contributed by atoms with Gasteiger partial charge in [0.05, 0.1) is 11.7 Å². The number of benzene rings is 1. The van der Waals surface area contributed by atoms with E-state index in [0.717, 1.165) is 50.0 Å². The Kier molecular flexibility index (Phi) is 8.93. The largest absolute Gasteiger partial charge is 0.444 e. The van der Waals surface area contributed by atoms with Crippen molar-refractivity contribution in [3.05, 3.63) is 58.4 Å². The molecule has 9 heteroatoms. The molecule has 1 aromatic carbocycles. The van der Waals surface area contributed by atoms with Crippen LogP contribution in [-0.4, -0.2) is 76.9 Å². The smallest absolute Gasteiger partial charge is 0.410 e. The van der Waals surface area contributed by atoms with Crippen LogP contribution in [0.1, 0.15) is 88.4 Å². The van der Waals surface area contributed by atoms with Crippen molar-refractivity contribution in [1.82, 2.24) is 20.1 Å². The Morgan fingerprint density at radius 2 is 1.67 bits per heavy atom. The molecular formula is C34H49N5O4. The van der Waals surface area contributed by atoms with Gasteiger partial charge in [-0.2, -0.15) is 0 Å². The van der Waals surface area contributed by atoms with E-state index in [0.29, 0.717) is 26.2 Å². The molecule has 2 aromatic rings. The molecule has 0 saturated carbocycles. The van der Waals surface area contributed by atoms with Crippen LogP contribution in [-0.2, 0) is 28.9 Å². The highest BCUT2D eigenvalue weighted by atomic mass is 16.6. The number of fused-ring (bicyclic) bond motifs is 2. The second kappa shape index (κ2) is 12.3. The Balaban J connectivity index is 1.34.